The topological polar surface area (TPSA) is 92.8 Å². The molecule has 0 saturated heterocycles. The van der Waals surface area contributed by atoms with Crippen molar-refractivity contribution in [2.75, 3.05) is 12.4 Å². The average Bonchev–Trinajstić information content (AvgIpc) is 2.81. The van der Waals surface area contributed by atoms with Gasteiger partial charge in [0, 0.05) is 11.8 Å². The Bertz CT molecular complexity index is 955. The van der Waals surface area contributed by atoms with Gasteiger partial charge in [-0.05, 0) is 31.2 Å². The summed E-state index contributed by atoms with van der Waals surface area (Å²) in [5.41, 5.74) is 0.515. The second-order valence-electron chi connectivity index (χ2n) is 5.50. The predicted octanol–water partition coefficient (Wildman–Crippen LogP) is 1.87. The Morgan fingerprint density at radius 2 is 1.88 bits per heavy atom. The Morgan fingerprint density at radius 3 is 2.56 bits per heavy atom. The van der Waals surface area contributed by atoms with E-state index in [1.54, 1.807) is 30.3 Å². The zero-order valence-corrected chi connectivity index (χ0v) is 14.4. The number of anilines is 1. The number of carbonyl (C=O) groups excluding carboxylic acids is 2. The van der Waals surface area contributed by atoms with E-state index in [9.17, 15) is 18.0 Å². The molecule has 0 spiro atoms. The van der Waals surface area contributed by atoms with Crippen LogP contribution in [0.1, 0.15) is 17.3 Å². The molecule has 130 valence electrons. The lowest BCUT2D eigenvalue weighted by Crippen LogP contribution is -2.45. The fourth-order valence-corrected chi connectivity index (χ4v) is 4.36. The van der Waals surface area contributed by atoms with Crippen molar-refractivity contribution < 1.29 is 22.7 Å². The number of hydrogen-bond donors (Lipinski definition) is 1. The van der Waals surface area contributed by atoms with E-state index < -0.39 is 27.9 Å². The number of carbonyl (C=O) groups is 2. The number of methoxy groups -OCH3 is 1. The van der Waals surface area contributed by atoms with Crippen molar-refractivity contribution in [2.24, 2.45) is 0 Å². The van der Waals surface area contributed by atoms with Gasteiger partial charge in [-0.15, -0.1) is 0 Å². The fraction of sp³-hybridized carbons (Fsp3) is 0.176. The summed E-state index contributed by atoms with van der Waals surface area (Å²) in [7, 11) is -2.55. The minimum atomic E-state index is -4.05. The first-order chi connectivity index (χ1) is 11.9. The van der Waals surface area contributed by atoms with Gasteiger partial charge >= 0.3 is 0 Å². The highest BCUT2D eigenvalue weighted by atomic mass is 32.2. The Hall–Kier alpha value is -2.87. The molecule has 0 aliphatic carbocycles. The SMILES string of the molecule is COc1cccc(NC(=O)[C@H](C)N2C(=O)c3ccccc3S2(=O)=O)c1. The lowest BCUT2D eigenvalue weighted by Gasteiger charge is -2.22. The van der Waals surface area contributed by atoms with Crippen molar-refractivity contribution >= 4 is 27.5 Å². The van der Waals surface area contributed by atoms with Crippen LogP contribution in [0.5, 0.6) is 5.75 Å². The number of rotatable bonds is 4. The molecule has 2 aromatic rings. The molecule has 3 rings (SSSR count). The number of sulfonamides is 1. The molecule has 25 heavy (non-hydrogen) atoms. The molecule has 1 N–H and O–H groups in total. The van der Waals surface area contributed by atoms with Gasteiger partial charge in [0.05, 0.1) is 12.7 Å². The third-order valence-electron chi connectivity index (χ3n) is 3.92. The summed E-state index contributed by atoms with van der Waals surface area (Å²) in [4.78, 5) is 24.8. The van der Waals surface area contributed by atoms with Crippen LogP contribution in [-0.4, -0.2) is 37.7 Å². The van der Waals surface area contributed by atoms with Crippen molar-refractivity contribution in [2.45, 2.75) is 17.9 Å². The number of benzene rings is 2. The van der Waals surface area contributed by atoms with Crippen molar-refractivity contribution in [3.8, 4) is 5.75 Å². The summed E-state index contributed by atoms with van der Waals surface area (Å²) in [5.74, 6) is -0.774. The molecule has 0 radical (unpaired) electrons. The summed E-state index contributed by atoms with van der Waals surface area (Å²) in [6.07, 6.45) is 0. The highest BCUT2D eigenvalue weighted by molar-refractivity contribution is 7.90. The smallest absolute Gasteiger partial charge is 0.269 e. The van der Waals surface area contributed by atoms with Crippen LogP contribution in [-0.2, 0) is 14.8 Å². The lowest BCUT2D eigenvalue weighted by atomic mass is 10.2. The predicted molar refractivity (Wildman–Crippen MR) is 90.9 cm³/mol. The van der Waals surface area contributed by atoms with Gasteiger partial charge in [0.1, 0.15) is 16.7 Å². The quantitative estimate of drug-likeness (QED) is 0.898. The maximum absolute atomic E-state index is 12.6. The normalized spacial score (nSPS) is 16.2. The molecule has 0 fully saturated rings. The van der Waals surface area contributed by atoms with Gasteiger partial charge in [-0.2, -0.15) is 0 Å². The monoisotopic (exact) mass is 360 g/mol. The first-order valence-corrected chi connectivity index (χ1v) is 8.93. The van der Waals surface area contributed by atoms with E-state index in [0.29, 0.717) is 15.7 Å². The number of fused-ring (bicyclic) bond motifs is 1. The molecule has 0 aromatic heterocycles. The molecular weight excluding hydrogens is 344 g/mol. The van der Waals surface area contributed by atoms with Crippen LogP contribution in [0.2, 0.25) is 0 Å². The van der Waals surface area contributed by atoms with E-state index in [1.807, 2.05) is 0 Å². The highest BCUT2D eigenvalue weighted by Gasteiger charge is 2.45. The van der Waals surface area contributed by atoms with Crippen molar-refractivity contribution in [1.29, 1.82) is 0 Å². The van der Waals surface area contributed by atoms with Crippen LogP contribution >= 0.6 is 0 Å². The highest BCUT2D eigenvalue weighted by Crippen LogP contribution is 2.32. The molecule has 2 aromatic carbocycles. The van der Waals surface area contributed by atoms with Crippen LogP contribution in [0.25, 0.3) is 0 Å². The minimum absolute atomic E-state index is 0.0727. The van der Waals surface area contributed by atoms with Gasteiger partial charge in [-0.1, -0.05) is 18.2 Å². The van der Waals surface area contributed by atoms with Gasteiger partial charge in [-0.3, -0.25) is 9.59 Å². The largest absolute Gasteiger partial charge is 0.497 e. The first kappa shape index (κ1) is 17.0. The van der Waals surface area contributed by atoms with Gasteiger partial charge in [-0.25, -0.2) is 12.7 Å². The van der Waals surface area contributed by atoms with Crippen LogP contribution in [0, 0.1) is 0 Å². The molecular formula is C17H16N2O5S. The molecule has 1 atom stereocenters. The summed E-state index contributed by atoms with van der Waals surface area (Å²) in [6, 6.07) is 11.3. The molecule has 0 bridgehead atoms. The standard InChI is InChI=1S/C17H16N2O5S/c1-11(16(20)18-12-6-5-7-13(10-12)24-2)19-17(21)14-8-3-4-9-15(14)25(19,22)23/h3-11H,1-2H3,(H,18,20)/t11-/m0/s1. The molecule has 1 aliphatic heterocycles. The fourth-order valence-electron chi connectivity index (χ4n) is 2.64. The van der Waals surface area contributed by atoms with E-state index >= 15 is 0 Å². The number of ether oxygens (including phenoxy) is 1. The van der Waals surface area contributed by atoms with Crippen LogP contribution in [0.4, 0.5) is 5.69 Å². The number of nitrogens with zero attached hydrogens (tertiary/aromatic N) is 1. The lowest BCUT2D eigenvalue weighted by molar-refractivity contribution is -0.118. The Kier molecular flexibility index (Phi) is 4.22. The van der Waals surface area contributed by atoms with E-state index in [1.165, 1.54) is 32.2 Å². The van der Waals surface area contributed by atoms with Crippen molar-refractivity contribution in [3.05, 3.63) is 54.1 Å². The summed E-state index contributed by atoms with van der Waals surface area (Å²) < 4.78 is 30.9. The molecule has 0 saturated carbocycles. The zero-order valence-electron chi connectivity index (χ0n) is 13.6. The Morgan fingerprint density at radius 1 is 1.16 bits per heavy atom. The number of hydrogen-bond acceptors (Lipinski definition) is 5. The Balaban J connectivity index is 1.87. The molecule has 1 aliphatic rings. The van der Waals surface area contributed by atoms with E-state index in [4.69, 9.17) is 4.74 Å². The van der Waals surface area contributed by atoms with Crippen LogP contribution < -0.4 is 10.1 Å². The average molecular weight is 360 g/mol. The first-order valence-electron chi connectivity index (χ1n) is 7.49. The summed E-state index contributed by atoms with van der Waals surface area (Å²) in [6.45, 7) is 1.37. The van der Waals surface area contributed by atoms with Gasteiger partial charge in [0.25, 0.3) is 15.9 Å². The van der Waals surface area contributed by atoms with Gasteiger partial charge < -0.3 is 10.1 Å². The van der Waals surface area contributed by atoms with E-state index in [2.05, 4.69) is 5.32 Å². The molecule has 1 heterocycles. The third-order valence-corrected chi connectivity index (χ3v) is 5.83. The second-order valence-corrected chi connectivity index (χ2v) is 7.28. The maximum Gasteiger partial charge on any atom is 0.269 e. The molecule has 0 unspecified atom stereocenters. The minimum Gasteiger partial charge on any atom is -0.497 e. The molecule has 7 nitrogen and oxygen atoms in total. The zero-order chi connectivity index (χ0) is 18.2. The number of amides is 2. The van der Waals surface area contributed by atoms with Gasteiger partial charge in [0.15, 0.2) is 0 Å². The van der Waals surface area contributed by atoms with Crippen LogP contribution in [0.3, 0.4) is 0 Å². The van der Waals surface area contributed by atoms with E-state index in [-0.39, 0.29) is 10.5 Å². The molecule has 8 heteroatoms. The number of nitrogens with one attached hydrogen (secondary N) is 1. The third kappa shape index (κ3) is 2.85. The van der Waals surface area contributed by atoms with E-state index in [0.717, 1.165) is 0 Å². The van der Waals surface area contributed by atoms with Crippen molar-refractivity contribution in [3.63, 3.8) is 0 Å². The van der Waals surface area contributed by atoms with Gasteiger partial charge in [0.2, 0.25) is 5.91 Å². The summed E-state index contributed by atoms with van der Waals surface area (Å²) >= 11 is 0. The summed E-state index contributed by atoms with van der Waals surface area (Å²) in [5, 5.41) is 2.60. The van der Waals surface area contributed by atoms with Crippen LogP contribution in [0.15, 0.2) is 53.4 Å². The maximum atomic E-state index is 12.6. The molecule has 2 amide bonds. The second kappa shape index (κ2) is 6.21. The Labute approximate surface area is 145 Å². The van der Waals surface area contributed by atoms with Crippen molar-refractivity contribution in [1.82, 2.24) is 4.31 Å².